The Hall–Kier alpha value is -2.88. The van der Waals surface area contributed by atoms with Gasteiger partial charge in [-0.3, -0.25) is 0 Å². The van der Waals surface area contributed by atoms with E-state index in [0.29, 0.717) is 0 Å². The smallest absolute Gasteiger partial charge is 0.120 e. The van der Waals surface area contributed by atoms with Crippen molar-refractivity contribution >= 4 is 27.5 Å². The van der Waals surface area contributed by atoms with Crippen LogP contribution in [0, 0.1) is 0 Å². The number of para-hydroxylation sites is 1. The van der Waals surface area contributed by atoms with E-state index < -0.39 is 0 Å². The first kappa shape index (κ1) is 12.8. The van der Waals surface area contributed by atoms with Crippen molar-refractivity contribution in [3.8, 4) is 0 Å². The number of fused-ring (bicyclic) bond motifs is 2. The van der Waals surface area contributed by atoms with Crippen LogP contribution in [0.2, 0.25) is 0 Å². The summed E-state index contributed by atoms with van der Waals surface area (Å²) in [6.45, 7) is 2.09. The zero-order valence-corrected chi connectivity index (χ0v) is 12.3. The van der Waals surface area contributed by atoms with E-state index in [1.165, 1.54) is 10.8 Å². The highest BCUT2D eigenvalue weighted by molar-refractivity contribution is 5.93. The molecule has 1 N–H and O–H groups in total. The topological polar surface area (TPSA) is 42.7 Å². The molecule has 0 bridgehead atoms. The maximum absolute atomic E-state index is 4.28. The zero-order chi connectivity index (χ0) is 14.9. The molecule has 4 nitrogen and oxygen atoms in total. The SMILES string of the molecule is CC(Nc1cccc2ccccc12)n1nnc2ccccc21. The van der Waals surface area contributed by atoms with E-state index in [2.05, 4.69) is 65.0 Å². The quantitative estimate of drug-likeness (QED) is 0.614. The minimum atomic E-state index is 0.0122. The molecule has 0 spiro atoms. The summed E-state index contributed by atoms with van der Waals surface area (Å²) in [5.74, 6) is 0. The summed E-state index contributed by atoms with van der Waals surface area (Å²) in [6, 6.07) is 22.6. The molecule has 1 atom stereocenters. The van der Waals surface area contributed by atoms with Crippen molar-refractivity contribution in [2.24, 2.45) is 0 Å². The Labute approximate surface area is 128 Å². The summed E-state index contributed by atoms with van der Waals surface area (Å²) in [5.41, 5.74) is 3.04. The van der Waals surface area contributed by atoms with Crippen LogP contribution in [0.3, 0.4) is 0 Å². The highest BCUT2D eigenvalue weighted by atomic mass is 15.5. The number of rotatable bonds is 3. The second-order valence-electron chi connectivity index (χ2n) is 5.37. The van der Waals surface area contributed by atoms with Crippen molar-refractivity contribution < 1.29 is 0 Å². The fraction of sp³-hybridized carbons (Fsp3) is 0.111. The fourth-order valence-corrected chi connectivity index (χ4v) is 2.81. The number of aromatic nitrogens is 3. The molecule has 22 heavy (non-hydrogen) atoms. The van der Waals surface area contributed by atoms with Crippen molar-refractivity contribution in [3.63, 3.8) is 0 Å². The average Bonchev–Trinajstić information content (AvgIpc) is 2.99. The van der Waals surface area contributed by atoms with E-state index in [-0.39, 0.29) is 6.17 Å². The summed E-state index contributed by atoms with van der Waals surface area (Å²) in [7, 11) is 0. The number of anilines is 1. The Morgan fingerprint density at radius 2 is 1.68 bits per heavy atom. The molecule has 1 heterocycles. The maximum Gasteiger partial charge on any atom is 0.120 e. The molecular weight excluding hydrogens is 272 g/mol. The van der Waals surface area contributed by atoms with Gasteiger partial charge in [0, 0.05) is 11.1 Å². The van der Waals surface area contributed by atoms with Crippen molar-refractivity contribution in [2.45, 2.75) is 13.1 Å². The number of nitrogens with zero attached hydrogens (tertiary/aromatic N) is 3. The zero-order valence-electron chi connectivity index (χ0n) is 12.3. The summed E-state index contributed by atoms with van der Waals surface area (Å²) in [6.07, 6.45) is 0.0122. The molecule has 0 saturated carbocycles. The molecule has 0 amide bonds. The largest absolute Gasteiger partial charge is 0.363 e. The van der Waals surface area contributed by atoms with Gasteiger partial charge in [-0.05, 0) is 30.5 Å². The molecule has 0 aliphatic rings. The number of benzene rings is 3. The first-order valence-corrected chi connectivity index (χ1v) is 7.37. The summed E-state index contributed by atoms with van der Waals surface area (Å²) in [4.78, 5) is 0. The van der Waals surface area contributed by atoms with Crippen LogP contribution in [0.15, 0.2) is 66.7 Å². The van der Waals surface area contributed by atoms with Crippen LogP contribution in [-0.4, -0.2) is 15.0 Å². The predicted molar refractivity (Wildman–Crippen MR) is 89.8 cm³/mol. The molecule has 4 rings (SSSR count). The molecule has 0 fully saturated rings. The third-order valence-electron chi connectivity index (χ3n) is 3.90. The van der Waals surface area contributed by atoms with Gasteiger partial charge >= 0.3 is 0 Å². The predicted octanol–water partition coefficient (Wildman–Crippen LogP) is 4.22. The Morgan fingerprint density at radius 3 is 2.64 bits per heavy atom. The molecular formula is C18H16N4. The molecule has 0 aliphatic carbocycles. The molecule has 108 valence electrons. The van der Waals surface area contributed by atoms with Gasteiger partial charge in [0.15, 0.2) is 0 Å². The standard InChI is InChI=1S/C18H16N4/c1-13(22-18-12-5-4-10-17(18)20-21-22)19-16-11-6-8-14-7-2-3-9-15(14)16/h2-13,19H,1H3. The van der Waals surface area contributed by atoms with E-state index in [9.17, 15) is 0 Å². The molecule has 3 aromatic carbocycles. The lowest BCUT2D eigenvalue weighted by atomic mass is 10.1. The number of nitrogens with one attached hydrogen (secondary N) is 1. The van der Waals surface area contributed by atoms with E-state index in [1.54, 1.807) is 0 Å². The van der Waals surface area contributed by atoms with E-state index in [4.69, 9.17) is 0 Å². The van der Waals surface area contributed by atoms with Crippen LogP contribution >= 0.6 is 0 Å². The second kappa shape index (κ2) is 5.15. The Bertz CT molecular complexity index is 937. The minimum Gasteiger partial charge on any atom is -0.363 e. The van der Waals surface area contributed by atoms with Gasteiger partial charge in [0.2, 0.25) is 0 Å². The van der Waals surface area contributed by atoms with Gasteiger partial charge in [-0.15, -0.1) is 5.10 Å². The second-order valence-corrected chi connectivity index (χ2v) is 5.37. The van der Waals surface area contributed by atoms with Gasteiger partial charge in [0.05, 0.1) is 5.52 Å². The number of hydrogen-bond acceptors (Lipinski definition) is 3. The van der Waals surface area contributed by atoms with Crippen molar-refractivity contribution in [1.82, 2.24) is 15.0 Å². The Kier molecular flexibility index (Phi) is 3.00. The van der Waals surface area contributed by atoms with Crippen LogP contribution in [0.5, 0.6) is 0 Å². The highest BCUT2D eigenvalue weighted by Crippen LogP contribution is 2.26. The van der Waals surface area contributed by atoms with Gasteiger partial charge in [-0.2, -0.15) is 0 Å². The molecule has 4 heteroatoms. The van der Waals surface area contributed by atoms with Crippen LogP contribution in [0.1, 0.15) is 13.1 Å². The van der Waals surface area contributed by atoms with Crippen LogP contribution in [-0.2, 0) is 0 Å². The monoisotopic (exact) mass is 288 g/mol. The molecule has 4 aromatic rings. The maximum atomic E-state index is 4.28. The first-order valence-electron chi connectivity index (χ1n) is 7.37. The average molecular weight is 288 g/mol. The first-order chi connectivity index (χ1) is 10.8. The van der Waals surface area contributed by atoms with Crippen LogP contribution in [0.25, 0.3) is 21.8 Å². The van der Waals surface area contributed by atoms with Gasteiger partial charge in [0.25, 0.3) is 0 Å². The molecule has 0 aliphatic heterocycles. The Balaban J connectivity index is 1.73. The van der Waals surface area contributed by atoms with Gasteiger partial charge in [0.1, 0.15) is 11.7 Å². The van der Waals surface area contributed by atoms with E-state index in [0.717, 1.165) is 16.7 Å². The van der Waals surface area contributed by atoms with Crippen molar-refractivity contribution in [2.75, 3.05) is 5.32 Å². The molecule has 1 aromatic heterocycles. The van der Waals surface area contributed by atoms with Crippen LogP contribution in [0.4, 0.5) is 5.69 Å². The summed E-state index contributed by atoms with van der Waals surface area (Å²) < 4.78 is 1.91. The lowest BCUT2D eigenvalue weighted by Gasteiger charge is -2.17. The van der Waals surface area contributed by atoms with Crippen molar-refractivity contribution in [3.05, 3.63) is 66.7 Å². The highest BCUT2D eigenvalue weighted by Gasteiger charge is 2.11. The minimum absolute atomic E-state index is 0.0122. The Morgan fingerprint density at radius 1 is 0.909 bits per heavy atom. The summed E-state index contributed by atoms with van der Waals surface area (Å²) in [5, 5.41) is 14.5. The normalized spacial score (nSPS) is 12.6. The third kappa shape index (κ3) is 2.09. The summed E-state index contributed by atoms with van der Waals surface area (Å²) >= 11 is 0. The number of hydrogen-bond donors (Lipinski definition) is 1. The molecule has 0 radical (unpaired) electrons. The lowest BCUT2D eigenvalue weighted by molar-refractivity contribution is 0.542. The fourth-order valence-electron chi connectivity index (χ4n) is 2.81. The van der Waals surface area contributed by atoms with Crippen LogP contribution < -0.4 is 5.32 Å². The van der Waals surface area contributed by atoms with Gasteiger partial charge in [-0.25, -0.2) is 4.68 Å². The molecule has 1 unspecified atom stereocenters. The lowest BCUT2D eigenvalue weighted by Crippen LogP contribution is -2.16. The van der Waals surface area contributed by atoms with E-state index in [1.807, 2.05) is 28.9 Å². The van der Waals surface area contributed by atoms with E-state index >= 15 is 0 Å². The van der Waals surface area contributed by atoms with Crippen molar-refractivity contribution in [1.29, 1.82) is 0 Å². The third-order valence-corrected chi connectivity index (χ3v) is 3.90. The van der Waals surface area contributed by atoms with Gasteiger partial charge < -0.3 is 5.32 Å². The molecule has 0 saturated heterocycles. The van der Waals surface area contributed by atoms with Gasteiger partial charge in [-0.1, -0.05) is 53.7 Å².